The molecule has 140 valence electrons. The van der Waals surface area contributed by atoms with E-state index in [1.54, 1.807) is 23.0 Å². The third-order valence-electron chi connectivity index (χ3n) is 4.52. The minimum atomic E-state index is -3.79. The average molecular weight is 379 g/mol. The molecule has 1 aromatic carbocycles. The Morgan fingerprint density at radius 1 is 1.27 bits per heavy atom. The van der Waals surface area contributed by atoms with Crippen LogP contribution in [-0.2, 0) is 21.3 Å². The second kappa shape index (κ2) is 6.90. The van der Waals surface area contributed by atoms with E-state index in [0.717, 1.165) is 12.1 Å². The summed E-state index contributed by atoms with van der Waals surface area (Å²) in [5.41, 5.74) is 0.867. The predicted octanol–water partition coefficient (Wildman–Crippen LogP) is 1.48. The molecule has 0 saturated carbocycles. The second-order valence-electron chi connectivity index (χ2n) is 6.22. The molecule has 2 aliphatic heterocycles. The highest BCUT2D eigenvalue weighted by atomic mass is 32.2. The van der Waals surface area contributed by atoms with E-state index in [1.807, 2.05) is 13.1 Å². The van der Waals surface area contributed by atoms with Crippen LogP contribution in [-0.4, -0.2) is 44.1 Å². The van der Waals surface area contributed by atoms with Gasteiger partial charge in [0.25, 0.3) is 0 Å². The molecular weight excluding hydrogens is 358 g/mol. The zero-order chi connectivity index (χ0) is 18.1. The third-order valence-corrected chi connectivity index (χ3v) is 6.04. The van der Waals surface area contributed by atoms with Crippen LogP contribution in [0.15, 0.2) is 35.5 Å². The van der Waals surface area contributed by atoms with E-state index >= 15 is 0 Å². The maximum atomic E-state index is 13.0. The number of ether oxygens (including phenoxy) is 3. The Morgan fingerprint density at radius 2 is 2.12 bits per heavy atom. The number of hydrogen-bond acceptors (Lipinski definition) is 6. The van der Waals surface area contributed by atoms with Gasteiger partial charge in [0, 0.05) is 24.9 Å². The van der Waals surface area contributed by atoms with E-state index in [2.05, 4.69) is 9.82 Å². The molecule has 2 atom stereocenters. The lowest BCUT2D eigenvalue weighted by Crippen LogP contribution is -2.37. The second-order valence-corrected chi connectivity index (χ2v) is 7.90. The third kappa shape index (κ3) is 3.17. The molecular formula is C17H21N3O5S. The molecule has 9 heteroatoms. The monoisotopic (exact) mass is 379 g/mol. The molecule has 0 radical (unpaired) electrons. The number of rotatable bonds is 5. The summed E-state index contributed by atoms with van der Waals surface area (Å²) in [7, 11) is -3.79. The minimum Gasteiger partial charge on any atom is -0.486 e. The largest absolute Gasteiger partial charge is 0.486 e. The molecule has 3 heterocycles. The van der Waals surface area contributed by atoms with Gasteiger partial charge in [0.15, 0.2) is 11.5 Å². The van der Waals surface area contributed by atoms with Crippen molar-refractivity contribution in [2.45, 2.75) is 36.9 Å². The van der Waals surface area contributed by atoms with Crippen molar-refractivity contribution >= 4 is 10.0 Å². The van der Waals surface area contributed by atoms with Gasteiger partial charge < -0.3 is 14.2 Å². The topological polar surface area (TPSA) is 91.7 Å². The summed E-state index contributed by atoms with van der Waals surface area (Å²) in [5.74, 6) is 0.711. The first-order valence-corrected chi connectivity index (χ1v) is 10.1. The zero-order valence-corrected chi connectivity index (χ0v) is 15.2. The Morgan fingerprint density at radius 3 is 2.92 bits per heavy atom. The Labute approximate surface area is 152 Å². The average Bonchev–Trinajstić information content (AvgIpc) is 3.29. The van der Waals surface area contributed by atoms with Crippen molar-refractivity contribution < 1.29 is 22.6 Å². The summed E-state index contributed by atoms with van der Waals surface area (Å²) in [6, 6.07) is 4.51. The van der Waals surface area contributed by atoms with Gasteiger partial charge in [-0.1, -0.05) is 6.07 Å². The summed E-state index contributed by atoms with van der Waals surface area (Å²) in [5, 5.41) is 4.25. The van der Waals surface area contributed by atoms with Crippen LogP contribution in [0.4, 0.5) is 0 Å². The molecule has 1 fully saturated rings. The number of nitrogens with zero attached hydrogens (tertiary/aromatic N) is 2. The Balaban J connectivity index is 1.59. The van der Waals surface area contributed by atoms with Crippen molar-refractivity contribution in [3.8, 4) is 11.5 Å². The fraction of sp³-hybridized carbons (Fsp3) is 0.471. The van der Waals surface area contributed by atoms with Gasteiger partial charge in [0.05, 0.1) is 12.2 Å². The highest BCUT2D eigenvalue weighted by Gasteiger charge is 2.35. The predicted molar refractivity (Wildman–Crippen MR) is 92.8 cm³/mol. The molecule has 0 bridgehead atoms. The van der Waals surface area contributed by atoms with Crippen molar-refractivity contribution in [1.82, 2.24) is 14.5 Å². The van der Waals surface area contributed by atoms with Crippen LogP contribution in [0.25, 0.3) is 0 Å². The van der Waals surface area contributed by atoms with Gasteiger partial charge in [-0.3, -0.25) is 4.68 Å². The van der Waals surface area contributed by atoms with E-state index in [1.165, 1.54) is 6.07 Å². The van der Waals surface area contributed by atoms with Crippen LogP contribution in [0.1, 0.15) is 25.0 Å². The minimum absolute atomic E-state index is 0.0876. The normalized spacial score (nSPS) is 22.5. The van der Waals surface area contributed by atoms with Gasteiger partial charge in [-0.15, -0.1) is 0 Å². The molecule has 1 N–H and O–H groups in total. The van der Waals surface area contributed by atoms with E-state index in [4.69, 9.17) is 14.2 Å². The summed E-state index contributed by atoms with van der Waals surface area (Å²) in [6.07, 6.45) is 3.84. The zero-order valence-electron chi connectivity index (χ0n) is 14.4. The van der Waals surface area contributed by atoms with Crippen molar-refractivity contribution in [1.29, 1.82) is 0 Å². The summed E-state index contributed by atoms with van der Waals surface area (Å²) in [6.45, 7) is 3.96. The summed E-state index contributed by atoms with van der Waals surface area (Å²) >= 11 is 0. The van der Waals surface area contributed by atoms with Gasteiger partial charge in [0.2, 0.25) is 10.0 Å². The van der Waals surface area contributed by atoms with E-state index < -0.39 is 10.0 Å². The van der Waals surface area contributed by atoms with Crippen LogP contribution in [0.5, 0.6) is 11.5 Å². The molecule has 0 spiro atoms. The van der Waals surface area contributed by atoms with Crippen molar-refractivity contribution in [3.63, 3.8) is 0 Å². The molecule has 1 saturated heterocycles. The smallest absolute Gasteiger partial charge is 0.244 e. The number of para-hydroxylation sites is 1. The molecule has 1 aromatic heterocycles. The molecule has 26 heavy (non-hydrogen) atoms. The Kier molecular flexibility index (Phi) is 4.60. The molecule has 4 rings (SSSR count). The van der Waals surface area contributed by atoms with Crippen LogP contribution >= 0.6 is 0 Å². The maximum absolute atomic E-state index is 13.0. The number of sulfonamides is 1. The molecule has 2 aromatic rings. The lowest BCUT2D eigenvalue weighted by Gasteiger charge is -2.23. The summed E-state index contributed by atoms with van der Waals surface area (Å²) < 4.78 is 47.3. The lowest BCUT2D eigenvalue weighted by atomic mass is 10.1. The fourth-order valence-electron chi connectivity index (χ4n) is 3.26. The molecule has 0 aliphatic carbocycles. The van der Waals surface area contributed by atoms with Gasteiger partial charge in [-0.25, -0.2) is 13.1 Å². The molecule has 8 nitrogen and oxygen atoms in total. The van der Waals surface area contributed by atoms with Crippen LogP contribution in [0.2, 0.25) is 0 Å². The van der Waals surface area contributed by atoms with Gasteiger partial charge >= 0.3 is 0 Å². The van der Waals surface area contributed by atoms with Crippen LogP contribution in [0.3, 0.4) is 0 Å². The van der Waals surface area contributed by atoms with Crippen LogP contribution < -0.4 is 14.2 Å². The Bertz CT molecular complexity index is 896. The summed E-state index contributed by atoms with van der Waals surface area (Å²) in [4.78, 5) is 0.0876. The van der Waals surface area contributed by atoms with Crippen LogP contribution in [0, 0.1) is 0 Å². The first-order chi connectivity index (χ1) is 12.6. The molecule has 0 amide bonds. The van der Waals surface area contributed by atoms with Gasteiger partial charge in [0.1, 0.15) is 24.2 Å². The Hall–Kier alpha value is -2.10. The fourth-order valence-corrected chi connectivity index (χ4v) is 4.69. The highest BCUT2D eigenvalue weighted by Crippen LogP contribution is 2.37. The van der Waals surface area contributed by atoms with Crippen molar-refractivity contribution in [3.05, 3.63) is 36.2 Å². The van der Waals surface area contributed by atoms with Gasteiger partial charge in [-0.05, 0) is 25.5 Å². The van der Waals surface area contributed by atoms with Crippen molar-refractivity contribution in [2.75, 3.05) is 19.8 Å². The standard InChI is InChI=1S/C17H21N3O5S/c1-2-20-11-12(10-18-20)16-13(6-7-24-16)19-26(21,22)15-5-3-4-14-17(15)25-9-8-23-14/h3-5,10-11,13,16,19H,2,6-9H2,1H3/t13-,16+/m0/s1. The van der Waals surface area contributed by atoms with E-state index in [0.29, 0.717) is 32.0 Å². The molecule has 2 aliphatic rings. The number of nitrogens with one attached hydrogen (secondary N) is 1. The highest BCUT2D eigenvalue weighted by molar-refractivity contribution is 7.89. The first kappa shape index (κ1) is 17.3. The number of aryl methyl sites for hydroxylation is 1. The van der Waals surface area contributed by atoms with Gasteiger partial charge in [-0.2, -0.15) is 5.10 Å². The maximum Gasteiger partial charge on any atom is 0.244 e. The quantitative estimate of drug-likeness (QED) is 0.846. The number of fused-ring (bicyclic) bond motifs is 1. The first-order valence-electron chi connectivity index (χ1n) is 8.63. The van der Waals surface area contributed by atoms with E-state index in [-0.39, 0.29) is 22.8 Å². The van der Waals surface area contributed by atoms with Crippen molar-refractivity contribution in [2.24, 2.45) is 0 Å². The number of aromatic nitrogens is 2. The van der Waals surface area contributed by atoms with E-state index in [9.17, 15) is 8.42 Å². The number of benzene rings is 1. The lowest BCUT2D eigenvalue weighted by molar-refractivity contribution is 0.102. The SMILES string of the molecule is CCn1cc([C@H]2OCC[C@@H]2NS(=O)(=O)c2cccc3c2OCCO3)cn1. The number of hydrogen-bond donors (Lipinski definition) is 1. The molecule has 0 unspecified atom stereocenters.